The molecule has 0 bridgehead atoms. The van der Waals surface area contributed by atoms with Crippen LogP contribution in [0.25, 0.3) is 0 Å². The molecular formula is C12H9Cl2NO4S2. The molecule has 0 aliphatic carbocycles. The van der Waals surface area contributed by atoms with Crippen molar-refractivity contribution in [1.82, 2.24) is 0 Å². The Labute approximate surface area is 135 Å². The van der Waals surface area contributed by atoms with Gasteiger partial charge in [-0.2, -0.15) is 0 Å². The second kappa shape index (κ2) is 5.84. The lowest BCUT2D eigenvalue weighted by Crippen LogP contribution is -2.15. The number of carbonyl (C=O) groups is 1. The molecule has 0 spiro atoms. The average Bonchev–Trinajstić information content (AvgIpc) is 2.79. The number of rotatable bonds is 4. The van der Waals surface area contributed by atoms with Gasteiger partial charge in [0.15, 0.2) is 0 Å². The molecule has 0 radical (unpaired) electrons. The van der Waals surface area contributed by atoms with Gasteiger partial charge in [-0.25, -0.2) is 13.2 Å². The molecule has 112 valence electrons. The summed E-state index contributed by atoms with van der Waals surface area (Å²) in [5.41, 5.74) is -0.524. The number of aromatic carboxylic acids is 1. The number of halogens is 2. The lowest BCUT2D eigenvalue weighted by atomic mass is 10.2. The van der Waals surface area contributed by atoms with Gasteiger partial charge in [-0.3, -0.25) is 4.72 Å². The van der Waals surface area contributed by atoms with Gasteiger partial charge in [0.1, 0.15) is 4.21 Å². The highest BCUT2D eigenvalue weighted by Gasteiger charge is 2.22. The first-order valence-corrected chi connectivity index (χ1v) is 8.58. The number of nitrogens with one attached hydrogen (secondary N) is 1. The highest BCUT2D eigenvalue weighted by molar-refractivity contribution is 7.94. The van der Waals surface area contributed by atoms with Gasteiger partial charge in [0.25, 0.3) is 10.0 Å². The van der Waals surface area contributed by atoms with Crippen molar-refractivity contribution >= 4 is 56.2 Å². The van der Waals surface area contributed by atoms with Crippen molar-refractivity contribution in [2.45, 2.75) is 11.1 Å². The number of anilines is 1. The molecule has 1 aromatic heterocycles. The number of sulfonamides is 1. The smallest absolute Gasteiger partial charge is 0.337 e. The van der Waals surface area contributed by atoms with Gasteiger partial charge in [0.2, 0.25) is 0 Å². The first-order chi connectivity index (χ1) is 9.70. The second-order valence-corrected chi connectivity index (χ2v) is 8.13. The average molecular weight is 366 g/mol. The van der Waals surface area contributed by atoms with Gasteiger partial charge >= 0.3 is 5.97 Å². The van der Waals surface area contributed by atoms with Crippen LogP contribution < -0.4 is 4.72 Å². The minimum atomic E-state index is -3.91. The predicted molar refractivity (Wildman–Crippen MR) is 83.3 cm³/mol. The SMILES string of the molecule is Cc1ccc(S(=O)(=O)Nc2c(Cl)cc(Cl)cc2C(=O)O)s1. The number of hydrogen-bond donors (Lipinski definition) is 2. The summed E-state index contributed by atoms with van der Waals surface area (Å²) in [6.07, 6.45) is 0. The zero-order valence-electron chi connectivity index (χ0n) is 10.6. The Balaban J connectivity index is 2.51. The Morgan fingerprint density at radius 3 is 2.48 bits per heavy atom. The molecule has 0 saturated carbocycles. The number of hydrogen-bond acceptors (Lipinski definition) is 4. The van der Waals surface area contributed by atoms with Crippen molar-refractivity contribution < 1.29 is 18.3 Å². The standard InChI is InChI=1S/C12H9Cl2NO4S2/c1-6-2-3-10(20-6)21(18,19)15-11-8(12(16)17)4-7(13)5-9(11)14/h2-5,15H,1H3,(H,16,17). The molecular weight excluding hydrogens is 357 g/mol. The minimum Gasteiger partial charge on any atom is -0.478 e. The third kappa shape index (κ3) is 3.49. The summed E-state index contributed by atoms with van der Waals surface area (Å²) < 4.78 is 26.8. The molecule has 2 N–H and O–H groups in total. The van der Waals surface area contributed by atoms with E-state index in [1.807, 2.05) is 0 Å². The Bertz CT molecular complexity index is 815. The minimum absolute atomic E-state index is 0.0716. The molecule has 0 aliphatic rings. The van der Waals surface area contributed by atoms with Gasteiger partial charge < -0.3 is 5.11 Å². The van der Waals surface area contributed by atoms with Crippen LogP contribution in [0.2, 0.25) is 10.0 Å². The Kier molecular flexibility index (Phi) is 4.48. The summed E-state index contributed by atoms with van der Waals surface area (Å²) >= 11 is 12.7. The highest BCUT2D eigenvalue weighted by Crippen LogP contribution is 2.33. The Morgan fingerprint density at radius 2 is 1.95 bits per heavy atom. The molecule has 0 saturated heterocycles. The van der Waals surface area contributed by atoms with E-state index in [2.05, 4.69) is 4.72 Å². The van der Waals surface area contributed by atoms with Gasteiger partial charge in [-0.15, -0.1) is 11.3 Å². The molecule has 2 aromatic rings. The van der Waals surface area contributed by atoms with E-state index in [-0.39, 0.29) is 25.5 Å². The Morgan fingerprint density at radius 1 is 1.29 bits per heavy atom. The molecule has 5 nitrogen and oxygen atoms in total. The van der Waals surface area contributed by atoms with Crippen molar-refractivity contribution in [2.75, 3.05) is 4.72 Å². The number of thiophene rings is 1. The molecule has 9 heteroatoms. The largest absolute Gasteiger partial charge is 0.478 e. The molecule has 1 aromatic carbocycles. The van der Waals surface area contributed by atoms with Crippen LogP contribution in [-0.2, 0) is 10.0 Å². The summed E-state index contributed by atoms with van der Waals surface area (Å²) in [6, 6.07) is 5.49. The van der Waals surface area contributed by atoms with Gasteiger partial charge in [0.05, 0.1) is 16.3 Å². The summed E-state index contributed by atoms with van der Waals surface area (Å²) in [5, 5.41) is 9.15. The maximum Gasteiger partial charge on any atom is 0.337 e. The van der Waals surface area contributed by atoms with E-state index in [0.717, 1.165) is 22.3 Å². The fourth-order valence-electron chi connectivity index (χ4n) is 1.59. The Hall–Kier alpha value is -1.28. The summed E-state index contributed by atoms with van der Waals surface area (Å²) in [5.74, 6) is -1.33. The number of carboxylic acid groups (broad SMARTS) is 1. The van der Waals surface area contributed by atoms with Crippen LogP contribution >= 0.6 is 34.5 Å². The molecule has 0 atom stereocenters. The first kappa shape index (κ1) is 16.1. The highest BCUT2D eigenvalue weighted by atomic mass is 35.5. The summed E-state index contributed by atoms with van der Waals surface area (Å²) in [4.78, 5) is 12.0. The molecule has 0 aliphatic heterocycles. The molecule has 0 amide bonds. The lowest BCUT2D eigenvalue weighted by molar-refractivity contribution is 0.0698. The van der Waals surface area contributed by atoms with Crippen LogP contribution in [0.5, 0.6) is 0 Å². The van der Waals surface area contributed by atoms with E-state index >= 15 is 0 Å². The molecule has 21 heavy (non-hydrogen) atoms. The van der Waals surface area contributed by atoms with Crippen molar-refractivity contribution in [2.24, 2.45) is 0 Å². The van der Waals surface area contributed by atoms with Crippen LogP contribution in [0.15, 0.2) is 28.5 Å². The van der Waals surface area contributed by atoms with E-state index in [1.165, 1.54) is 12.1 Å². The molecule has 2 rings (SSSR count). The number of carboxylic acids is 1. The number of benzene rings is 1. The number of aryl methyl sites for hydroxylation is 1. The third-order valence-corrected chi connectivity index (χ3v) is 5.86. The van der Waals surface area contributed by atoms with Crippen LogP contribution in [0.3, 0.4) is 0 Å². The molecule has 0 unspecified atom stereocenters. The maximum absolute atomic E-state index is 12.2. The fourth-order valence-corrected chi connectivity index (χ4v) is 4.57. The van der Waals surface area contributed by atoms with Crippen LogP contribution in [0, 0.1) is 6.92 Å². The summed E-state index contributed by atoms with van der Waals surface area (Å²) in [7, 11) is -3.91. The van der Waals surface area contributed by atoms with E-state index in [4.69, 9.17) is 28.3 Å². The lowest BCUT2D eigenvalue weighted by Gasteiger charge is -2.11. The van der Waals surface area contributed by atoms with E-state index in [1.54, 1.807) is 13.0 Å². The fraction of sp³-hybridized carbons (Fsp3) is 0.0833. The monoisotopic (exact) mass is 365 g/mol. The van der Waals surface area contributed by atoms with E-state index in [9.17, 15) is 13.2 Å². The van der Waals surface area contributed by atoms with Crippen molar-refractivity contribution in [1.29, 1.82) is 0 Å². The molecule has 0 fully saturated rings. The first-order valence-electron chi connectivity index (χ1n) is 5.52. The summed E-state index contributed by atoms with van der Waals surface area (Å²) in [6.45, 7) is 1.77. The van der Waals surface area contributed by atoms with Crippen molar-refractivity contribution in [3.05, 3.63) is 44.8 Å². The van der Waals surface area contributed by atoms with Crippen LogP contribution in [0.1, 0.15) is 15.2 Å². The maximum atomic E-state index is 12.2. The van der Waals surface area contributed by atoms with Crippen molar-refractivity contribution in [3.63, 3.8) is 0 Å². The van der Waals surface area contributed by atoms with Crippen molar-refractivity contribution in [3.8, 4) is 0 Å². The quantitative estimate of drug-likeness (QED) is 0.861. The van der Waals surface area contributed by atoms with E-state index in [0.29, 0.717) is 0 Å². The third-order valence-electron chi connectivity index (χ3n) is 2.50. The van der Waals surface area contributed by atoms with Gasteiger partial charge in [-0.1, -0.05) is 23.2 Å². The zero-order valence-corrected chi connectivity index (χ0v) is 13.7. The van der Waals surface area contributed by atoms with Crippen LogP contribution in [-0.4, -0.2) is 19.5 Å². The van der Waals surface area contributed by atoms with Gasteiger partial charge in [0, 0.05) is 9.90 Å². The second-order valence-electron chi connectivity index (χ2n) is 4.09. The van der Waals surface area contributed by atoms with E-state index < -0.39 is 16.0 Å². The zero-order chi connectivity index (χ0) is 15.8. The van der Waals surface area contributed by atoms with Crippen LogP contribution in [0.4, 0.5) is 5.69 Å². The normalized spacial score (nSPS) is 11.4. The predicted octanol–water partition coefficient (Wildman–Crippen LogP) is 3.86. The molecule has 1 heterocycles. The van der Waals surface area contributed by atoms with Gasteiger partial charge in [-0.05, 0) is 31.2 Å². The topological polar surface area (TPSA) is 83.5 Å².